The van der Waals surface area contributed by atoms with Crippen LogP contribution in [0.3, 0.4) is 0 Å². The van der Waals surface area contributed by atoms with Crippen LogP contribution < -0.4 is 0 Å². The summed E-state index contributed by atoms with van der Waals surface area (Å²) in [5.74, 6) is 0.0196. The lowest BCUT2D eigenvalue weighted by molar-refractivity contribution is 0.0375. The lowest BCUT2D eigenvalue weighted by atomic mass is 9.97. The molecule has 0 radical (unpaired) electrons. The molecule has 0 aromatic carbocycles. The standard InChI is InChI=1S/C10H16N2O2/c1-4-10(3,14)8(13)9-11-6-7-12(9)5-2/h6-7,14H,4-5H2,1-3H3. The van der Waals surface area contributed by atoms with Gasteiger partial charge in [0.1, 0.15) is 5.60 Å². The van der Waals surface area contributed by atoms with Crippen LogP contribution >= 0.6 is 0 Å². The van der Waals surface area contributed by atoms with E-state index in [1.165, 1.54) is 6.92 Å². The molecule has 4 nitrogen and oxygen atoms in total. The van der Waals surface area contributed by atoms with Crippen LogP contribution in [0.4, 0.5) is 0 Å². The van der Waals surface area contributed by atoms with Crippen LogP contribution in [0.2, 0.25) is 0 Å². The third-order valence-corrected chi connectivity index (χ3v) is 2.44. The first-order valence-corrected chi connectivity index (χ1v) is 4.81. The van der Waals surface area contributed by atoms with E-state index in [0.717, 1.165) is 0 Å². The van der Waals surface area contributed by atoms with Gasteiger partial charge in [0.2, 0.25) is 5.78 Å². The maximum Gasteiger partial charge on any atom is 0.229 e. The van der Waals surface area contributed by atoms with E-state index in [0.29, 0.717) is 18.8 Å². The van der Waals surface area contributed by atoms with Gasteiger partial charge in [-0.15, -0.1) is 0 Å². The molecule has 1 N–H and O–H groups in total. The summed E-state index contributed by atoms with van der Waals surface area (Å²) in [4.78, 5) is 15.8. The average molecular weight is 196 g/mol. The Morgan fingerprint density at radius 1 is 1.64 bits per heavy atom. The minimum atomic E-state index is -1.31. The van der Waals surface area contributed by atoms with E-state index in [4.69, 9.17) is 0 Å². The van der Waals surface area contributed by atoms with Crippen molar-refractivity contribution < 1.29 is 9.90 Å². The first-order valence-electron chi connectivity index (χ1n) is 4.81. The summed E-state index contributed by atoms with van der Waals surface area (Å²) in [5, 5.41) is 9.78. The SMILES string of the molecule is CCn1ccnc1C(=O)C(C)(O)CC. The van der Waals surface area contributed by atoms with Gasteiger partial charge < -0.3 is 9.67 Å². The predicted molar refractivity (Wildman–Crippen MR) is 53.1 cm³/mol. The normalized spacial score (nSPS) is 15.1. The minimum Gasteiger partial charge on any atom is -0.382 e. The summed E-state index contributed by atoms with van der Waals surface area (Å²) >= 11 is 0. The second-order valence-corrected chi connectivity index (χ2v) is 3.49. The van der Waals surface area contributed by atoms with Gasteiger partial charge in [-0.05, 0) is 20.3 Å². The molecule has 0 aliphatic carbocycles. The van der Waals surface area contributed by atoms with Gasteiger partial charge in [0, 0.05) is 18.9 Å². The van der Waals surface area contributed by atoms with Crippen molar-refractivity contribution in [3.05, 3.63) is 18.2 Å². The van der Waals surface area contributed by atoms with Gasteiger partial charge in [-0.2, -0.15) is 0 Å². The number of imidazole rings is 1. The monoisotopic (exact) mass is 196 g/mol. The number of Topliss-reactive ketones (excluding diaryl/α,β-unsaturated/α-hetero) is 1. The number of carbonyl (C=O) groups is 1. The topological polar surface area (TPSA) is 55.1 Å². The van der Waals surface area contributed by atoms with Crippen LogP contribution in [0.1, 0.15) is 37.8 Å². The van der Waals surface area contributed by atoms with Crippen molar-refractivity contribution in [1.82, 2.24) is 9.55 Å². The van der Waals surface area contributed by atoms with Crippen LogP contribution in [0.25, 0.3) is 0 Å². The number of rotatable bonds is 4. The molecular formula is C10H16N2O2. The fraction of sp³-hybridized carbons (Fsp3) is 0.600. The van der Waals surface area contributed by atoms with Gasteiger partial charge in [0.15, 0.2) is 5.82 Å². The van der Waals surface area contributed by atoms with Gasteiger partial charge in [0.25, 0.3) is 0 Å². The van der Waals surface area contributed by atoms with Crippen molar-refractivity contribution in [2.24, 2.45) is 0 Å². The highest BCUT2D eigenvalue weighted by Gasteiger charge is 2.31. The zero-order valence-corrected chi connectivity index (χ0v) is 8.82. The Balaban J connectivity index is 3.00. The number of hydrogen-bond donors (Lipinski definition) is 1. The maximum absolute atomic E-state index is 11.8. The van der Waals surface area contributed by atoms with Crippen LogP contribution in [0.5, 0.6) is 0 Å². The second kappa shape index (κ2) is 3.92. The van der Waals surface area contributed by atoms with Crippen LogP contribution in [0, 0.1) is 0 Å². The van der Waals surface area contributed by atoms with E-state index >= 15 is 0 Å². The summed E-state index contributed by atoms with van der Waals surface area (Å²) in [6.07, 6.45) is 3.70. The Morgan fingerprint density at radius 2 is 2.29 bits per heavy atom. The number of ketones is 1. The lowest BCUT2D eigenvalue weighted by Crippen LogP contribution is -2.36. The number of aryl methyl sites for hydroxylation is 1. The predicted octanol–water partition coefficient (Wildman–Crippen LogP) is 1.25. The van der Waals surface area contributed by atoms with Crippen LogP contribution in [0.15, 0.2) is 12.4 Å². The van der Waals surface area contributed by atoms with Gasteiger partial charge in [-0.25, -0.2) is 4.98 Å². The molecule has 0 fully saturated rings. The molecule has 0 saturated carbocycles. The van der Waals surface area contributed by atoms with Crippen molar-refractivity contribution in [2.45, 2.75) is 39.3 Å². The van der Waals surface area contributed by atoms with E-state index in [-0.39, 0.29) is 5.78 Å². The van der Waals surface area contributed by atoms with Crippen LogP contribution in [-0.2, 0) is 6.54 Å². The van der Waals surface area contributed by atoms with Gasteiger partial charge >= 0.3 is 0 Å². The largest absolute Gasteiger partial charge is 0.382 e. The number of nitrogens with zero attached hydrogens (tertiary/aromatic N) is 2. The molecule has 0 aliphatic rings. The lowest BCUT2D eigenvalue weighted by Gasteiger charge is -2.19. The molecule has 4 heteroatoms. The molecule has 14 heavy (non-hydrogen) atoms. The first kappa shape index (κ1) is 10.9. The smallest absolute Gasteiger partial charge is 0.229 e. The fourth-order valence-electron chi connectivity index (χ4n) is 1.17. The summed E-state index contributed by atoms with van der Waals surface area (Å²) in [6, 6.07) is 0. The Labute approximate surface area is 83.6 Å². The van der Waals surface area contributed by atoms with Gasteiger partial charge in [-0.3, -0.25) is 4.79 Å². The van der Waals surface area contributed by atoms with E-state index in [2.05, 4.69) is 4.98 Å². The zero-order valence-electron chi connectivity index (χ0n) is 8.82. The van der Waals surface area contributed by atoms with E-state index in [1.807, 2.05) is 6.92 Å². The van der Waals surface area contributed by atoms with Crippen molar-refractivity contribution in [1.29, 1.82) is 0 Å². The molecule has 1 unspecified atom stereocenters. The highest BCUT2D eigenvalue weighted by molar-refractivity contribution is 5.99. The Hall–Kier alpha value is -1.16. The molecule has 78 valence electrons. The summed E-state index contributed by atoms with van der Waals surface area (Å²) < 4.78 is 1.73. The summed E-state index contributed by atoms with van der Waals surface area (Å²) in [7, 11) is 0. The average Bonchev–Trinajstić information content (AvgIpc) is 2.64. The fourth-order valence-corrected chi connectivity index (χ4v) is 1.17. The molecule has 0 spiro atoms. The first-order chi connectivity index (χ1) is 6.53. The van der Waals surface area contributed by atoms with Crippen molar-refractivity contribution in [3.8, 4) is 0 Å². The van der Waals surface area contributed by atoms with E-state index in [1.54, 1.807) is 23.9 Å². The third kappa shape index (κ3) is 1.85. The highest BCUT2D eigenvalue weighted by Crippen LogP contribution is 2.15. The molecule has 1 heterocycles. The highest BCUT2D eigenvalue weighted by atomic mass is 16.3. The molecule has 1 aromatic rings. The number of aromatic nitrogens is 2. The number of hydrogen-bond acceptors (Lipinski definition) is 3. The van der Waals surface area contributed by atoms with E-state index in [9.17, 15) is 9.90 Å². The maximum atomic E-state index is 11.8. The van der Waals surface area contributed by atoms with Crippen LogP contribution in [-0.4, -0.2) is 26.0 Å². The number of aliphatic hydroxyl groups is 1. The molecule has 0 aliphatic heterocycles. The Bertz CT molecular complexity index is 329. The summed E-state index contributed by atoms with van der Waals surface area (Å²) in [5.41, 5.74) is -1.31. The molecule has 0 amide bonds. The minimum absolute atomic E-state index is 0.313. The second-order valence-electron chi connectivity index (χ2n) is 3.49. The molecule has 1 aromatic heterocycles. The molecule has 1 rings (SSSR count). The number of carbonyl (C=O) groups excluding carboxylic acids is 1. The van der Waals surface area contributed by atoms with Crippen molar-refractivity contribution in [3.63, 3.8) is 0 Å². The Kier molecular flexibility index (Phi) is 3.06. The quantitative estimate of drug-likeness (QED) is 0.737. The van der Waals surface area contributed by atoms with E-state index < -0.39 is 5.60 Å². The molecule has 1 atom stereocenters. The Morgan fingerprint density at radius 3 is 2.79 bits per heavy atom. The van der Waals surface area contributed by atoms with Crippen molar-refractivity contribution in [2.75, 3.05) is 0 Å². The van der Waals surface area contributed by atoms with Crippen molar-refractivity contribution >= 4 is 5.78 Å². The third-order valence-electron chi connectivity index (χ3n) is 2.44. The molecular weight excluding hydrogens is 180 g/mol. The zero-order chi connectivity index (χ0) is 10.8. The molecule has 0 saturated heterocycles. The van der Waals surface area contributed by atoms with Gasteiger partial charge in [-0.1, -0.05) is 6.92 Å². The molecule has 0 bridgehead atoms. The summed E-state index contributed by atoms with van der Waals surface area (Å²) in [6.45, 7) is 5.90. The van der Waals surface area contributed by atoms with Gasteiger partial charge in [0.05, 0.1) is 0 Å².